The number of para-hydroxylation sites is 1. The third-order valence-electron chi connectivity index (χ3n) is 4.65. The fourth-order valence-electron chi connectivity index (χ4n) is 3.07. The molecule has 0 aliphatic rings. The van der Waals surface area contributed by atoms with E-state index in [1.165, 1.54) is 4.52 Å². The predicted octanol–water partition coefficient (Wildman–Crippen LogP) is 2.45. The van der Waals surface area contributed by atoms with E-state index >= 15 is 0 Å². The van der Waals surface area contributed by atoms with Gasteiger partial charge in [0.1, 0.15) is 17.2 Å². The first kappa shape index (κ1) is 20.7. The number of aromatic nitrogens is 3. The quantitative estimate of drug-likeness (QED) is 0.444. The molecule has 158 valence electrons. The van der Waals surface area contributed by atoms with Crippen LogP contribution in [0.15, 0.2) is 58.1 Å². The lowest BCUT2D eigenvalue weighted by molar-refractivity contribution is 0.317. The first-order chi connectivity index (χ1) is 15.1. The van der Waals surface area contributed by atoms with Crippen molar-refractivity contribution in [3.8, 4) is 11.5 Å². The van der Waals surface area contributed by atoms with Crippen LogP contribution in [-0.2, 0) is 6.42 Å². The monoisotopic (exact) mass is 435 g/mol. The van der Waals surface area contributed by atoms with Gasteiger partial charge in [-0.2, -0.15) is 14.6 Å². The van der Waals surface area contributed by atoms with Crippen LogP contribution in [-0.4, -0.2) is 28.3 Å². The Morgan fingerprint density at radius 3 is 2.61 bits per heavy atom. The fraction of sp³-hybridized carbons (Fsp3) is 0.217. The summed E-state index contributed by atoms with van der Waals surface area (Å²) in [6.45, 7) is 2.62. The summed E-state index contributed by atoms with van der Waals surface area (Å²) in [6, 6.07) is 14.9. The molecule has 0 aliphatic carbocycles. The van der Waals surface area contributed by atoms with Crippen molar-refractivity contribution < 1.29 is 9.47 Å². The van der Waals surface area contributed by atoms with Gasteiger partial charge in [-0.15, -0.1) is 0 Å². The number of hydrogen-bond acceptors (Lipinski definition) is 7. The van der Waals surface area contributed by atoms with Gasteiger partial charge >= 0.3 is 0 Å². The van der Waals surface area contributed by atoms with Gasteiger partial charge in [0.15, 0.2) is 0 Å². The number of benzene rings is 2. The summed E-state index contributed by atoms with van der Waals surface area (Å²) in [6.07, 6.45) is 2.92. The summed E-state index contributed by atoms with van der Waals surface area (Å²) >= 11 is 1.13. The highest BCUT2D eigenvalue weighted by atomic mass is 32.1. The van der Waals surface area contributed by atoms with E-state index in [0.29, 0.717) is 16.9 Å². The standard InChI is InChI=1S/C23H21N3O4S/c1-3-12-30-19-7-5-4-6-16(19)14-20-22(28)26-23(31-20)24-21(27)18(25-26)13-15-8-10-17(29-2)11-9-15/h4-11,14H,3,12-13H2,1-2H3/b20-14-. The molecule has 2 aromatic carbocycles. The SMILES string of the molecule is CCCOc1ccccc1/C=c1\sc2nc(=O)c(Cc3ccc(OC)cc3)nn2c1=O. The molecule has 0 radical (unpaired) electrons. The van der Waals surface area contributed by atoms with Crippen molar-refractivity contribution in [3.63, 3.8) is 0 Å². The van der Waals surface area contributed by atoms with E-state index < -0.39 is 5.56 Å². The maximum atomic E-state index is 12.9. The van der Waals surface area contributed by atoms with Gasteiger partial charge in [0.05, 0.1) is 18.2 Å². The summed E-state index contributed by atoms with van der Waals surface area (Å²) in [7, 11) is 1.59. The Morgan fingerprint density at radius 2 is 1.87 bits per heavy atom. The molecule has 0 aliphatic heterocycles. The first-order valence-corrected chi connectivity index (χ1v) is 10.7. The Hall–Kier alpha value is -3.52. The lowest BCUT2D eigenvalue weighted by atomic mass is 10.1. The van der Waals surface area contributed by atoms with Crippen molar-refractivity contribution in [3.05, 3.63) is 90.6 Å². The minimum Gasteiger partial charge on any atom is -0.497 e. The zero-order valence-electron chi connectivity index (χ0n) is 17.2. The van der Waals surface area contributed by atoms with Crippen LogP contribution in [0.2, 0.25) is 0 Å². The van der Waals surface area contributed by atoms with Gasteiger partial charge in [-0.25, -0.2) is 0 Å². The second kappa shape index (κ2) is 9.09. The Bertz CT molecular complexity index is 1380. The summed E-state index contributed by atoms with van der Waals surface area (Å²) in [5, 5.41) is 4.30. The lowest BCUT2D eigenvalue weighted by Gasteiger charge is -2.07. The molecule has 0 N–H and O–H groups in total. The van der Waals surface area contributed by atoms with Crippen LogP contribution in [0, 0.1) is 0 Å². The molecular formula is C23H21N3O4S. The van der Waals surface area contributed by atoms with E-state index in [4.69, 9.17) is 9.47 Å². The zero-order chi connectivity index (χ0) is 21.8. The molecule has 7 nitrogen and oxygen atoms in total. The highest BCUT2D eigenvalue weighted by molar-refractivity contribution is 7.15. The number of rotatable bonds is 7. The predicted molar refractivity (Wildman–Crippen MR) is 120 cm³/mol. The summed E-state index contributed by atoms with van der Waals surface area (Å²) in [4.78, 5) is 29.8. The molecule has 2 heterocycles. The number of hydrogen-bond donors (Lipinski definition) is 0. The topological polar surface area (TPSA) is 82.8 Å². The second-order valence-electron chi connectivity index (χ2n) is 6.88. The third-order valence-corrected chi connectivity index (χ3v) is 5.61. The maximum absolute atomic E-state index is 12.9. The molecule has 0 spiro atoms. The molecule has 0 amide bonds. The van der Waals surface area contributed by atoms with Crippen molar-refractivity contribution in [2.45, 2.75) is 19.8 Å². The van der Waals surface area contributed by atoms with E-state index in [1.54, 1.807) is 13.2 Å². The van der Waals surface area contributed by atoms with Gasteiger partial charge in [-0.05, 0) is 36.3 Å². The molecule has 0 bridgehead atoms. The van der Waals surface area contributed by atoms with Crippen molar-refractivity contribution in [1.82, 2.24) is 14.6 Å². The average Bonchev–Trinajstić information content (AvgIpc) is 3.08. The maximum Gasteiger partial charge on any atom is 0.296 e. The van der Waals surface area contributed by atoms with E-state index in [1.807, 2.05) is 55.5 Å². The van der Waals surface area contributed by atoms with Gasteiger partial charge in [0, 0.05) is 12.0 Å². The lowest BCUT2D eigenvalue weighted by Crippen LogP contribution is -2.28. The zero-order valence-corrected chi connectivity index (χ0v) is 18.0. The van der Waals surface area contributed by atoms with Crippen LogP contribution in [0.1, 0.15) is 30.2 Å². The van der Waals surface area contributed by atoms with Gasteiger partial charge in [0.2, 0.25) is 4.96 Å². The van der Waals surface area contributed by atoms with Crippen molar-refractivity contribution in [2.24, 2.45) is 0 Å². The van der Waals surface area contributed by atoms with Crippen molar-refractivity contribution in [1.29, 1.82) is 0 Å². The third kappa shape index (κ3) is 4.49. The molecule has 0 unspecified atom stereocenters. The highest BCUT2D eigenvalue weighted by Gasteiger charge is 2.12. The van der Waals surface area contributed by atoms with Gasteiger partial charge in [-0.1, -0.05) is 48.6 Å². The Morgan fingerprint density at radius 1 is 1.10 bits per heavy atom. The molecule has 2 aromatic heterocycles. The normalized spacial score (nSPS) is 11.7. The van der Waals surface area contributed by atoms with Gasteiger partial charge in [-0.3, -0.25) is 9.59 Å². The summed E-state index contributed by atoms with van der Waals surface area (Å²) in [5.74, 6) is 1.43. The van der Waals surface area contributed by atoms with Crippen LogP contribution >= 0.6 is 11.3 Å². The Kier molecular flexibility index (Phi) is 6.08. The largest absolute Gasteiger partial charge is 0.497 e. The first-order valence-electron chi connectivity index (χ1n) is 9.88. The van der Waals surface area contributed by atoms with E-state index in [9.17, 15) is 9.59 Å². The number of nitrogens with zero attached hydrogens (tertiary/aromatic N) is 3. The molecule has 0 saturated carbocycles. The molecular weight excluding hydrogens is 414 g/mol. The van der Waals surface area contributed by atoms with Crippen molar-refractivity contribution in [2.75, 3.05) is 13.7 Å². The fourth-order valence-corrected chi connectivity index (χ4v) is 3.97. The highest BCUT2D eigenvalue weighted by Crippen LogP contribution is 2.19. The number of methoxy groups -OCH3 is 1. The Balaban J connectivity index is 1.74. The minimum absolute atomic E-state index is 0.218. The number of ether oxygens (including phenoxy) is 2. The van der Waals surface area contributed by atoms with E-state index in [0.717, 1.165) is 34.6 Å². The van der Waals surface area contributed by atoms with Crippen LogP contribution in [0.4, 0.5) is 0 Å². The van der Waals surface area contributed by atoms with Gasteiger partial charge < -0.3 is 9.47 Å². The summed E-state index contributed by atoms with van der Waals surface area (Å²) < 4.78 is 12.6. The minimum atomic E-state index is -0.435. The molecule has 0 fully saturated rings. The van der Waals surface area contributed by atoms with Crippen LogP contribution in [0.3, 0.4) is 0 Å². The second-order valence-corrected chi connectivity index (χ2v) is 7.89. The Labute approximate surface area is 182 Å². The molecule has 31 heavy (non-hydrogen) atoms. The van der Waals surface area contributed by atoms with Crippen LogP contribution < -0.4 is 25.1 Å². The molecule has 8 heteroatoms. The number of thiazole rings is 1. The van der Waals surface area contributed by atoms with Crippen molar-refractivity contribution >= 4 is 22.4 Å². The average molecular weight is 436 g/mol. The van der Waals surface area contributed by atoms with Crippen LogP contribution in [0.25, 0.3) is 11.0 Å². The van der Waals surface area contributed by atoms with E-state index in [-0.39, 0.29) is 22.6 Å². The number of fused-ring (bicyclic) bond motifs is 1. The smallest absolute Gasteiger partial charge is 0.296 e. The van der Waals surface area contributed by atoms with E-state index in [2.05, 4.69) is 10.1 Å². The van der Waals surface area contributed by atoms with Crippen LogP contribution in [0.5, 0.6) is 11.5 Å². The summed E-state index contributed by atoms with van der Waals surface area (Å²) in [5.41, 5.74) is 1.14. The van der Waals surface area contributed by atoms with Gasteiger partial charge in [0.25, 0.3) is 11.1 Å². The molecule has 4 rings (SSSR count). The molecule has 0 saturated heterocycles. The molecule has 4 aromatic rings. The molecule has 0 atom stereocenters.